The normalized spacial score (nSPS) is 11.2. The van der Waals surface area contributed by atoms with Crippen LogP contribution in [0.25, 0.3) is 133 Å². The van der Waals surface area contributed by atoms with Gasteiger partial charge in [-0.1, -0.05) is 206 Å². The molecule has 13 rings (SSSR count). The van der Waals surface area contributed by atoms with Gasteiger partial charge in [0.2, 0.25) is 0 Å². The minimum atomic E-state index is 0.548. The van der Waals surface area contributed by atoms with Crippen LogP contribution in [0.2, 0.25) is 0 Å². The molecule has 0 radical (unpaired) electrons. The van der Waals surface area contributed by atoms with Gasteiger partial charge in [-0.3, -0.25) is 0 Å². The second kappa shape index (κ2) is 18.4. The van der Waals surface area contributed by atoms with E-state index in [2.05, 4.69) is 182 Å². The molecule has 74 heavy (non-hydrogen) atoms. The molecule has 0 aliphatic carbocycles. The van der Waals surface area contributed by atoms with Crippen LogP contribution in [0.3, 0.4) is 0 Å². The number of rotatable bonds is 8. The molecule has 0 spiro atoms. The van der Waals surface area contributed by atoms with Gasteiger partial charge in [0.1, 0.15) is 0 Å². The summed E-state index contributed by atoms with van der Waals surface area (Å²) in [6.45, 7) is 0. The lowest BCUT2D eigenvalue weighted by Gasteiger charge is -2.17. The molecule has 0 fully saturated rings. The van der Waals surface area contributed by atoms with Crippen molar-refractivity contribution in [1.82, 2.24) is 19.9 Å². The molecule has 0 unspecified atom stereocenters. The number of nitrogens with zero attached hydrogens (tertiary/aromatic N) is 6. The predicted octanol–water partition coefficient (Wildman–Crippen LogP) is 17.0. The number of hydrogen-bond acceptors (Lipinski definition) is 6. The molecule has 9 aromatic carbocycles. The van der Waals surface area contributed by atoms with Crippen LogP contribution in [0, 0.1) is 22.7 Å². The summed E-state index contributed by atoms with van der Waals surface area (Å²) in [6.07, 6.45) is 0. The van der Waals surface area contributed by atoms with Gasteiger partial charge in [-0.05, 0) is 80.9 Å². The van der Waals surface area contributed by atoms with E-state index in [0.717, 1.165) is 122 Å². The first-order chi connectivity index (χ1) is 36.6. The first-order valence-electron chi connectivity index (χ1n) is 24.5. The van der Waals surface area contributed by atoms with Crippen molar-refractivity contribution in [1.29, 1.82) is 10.5 Å². The molecule has 6 heteroatoms. The third-order valence-corrected chi connectivity index (χ3v) is 14.0. The summed E-state index contributed by atoms with van der Waals surface area (Å²) in [6, 6.07) is 87.3. The lowest BCUT2D eigenvalue weighted by atomic mass is 9.90. The Bertz CT molecular complexity index is 4170. The lowest BCUT2D eigenvalue weighted by Crippen LogP contribution is -1.97. The number of pyridine rings is 4. The van der Waals surface area contributed by atoms with Crippen molar-refractivity contribution in [3.05, 3.63) is 254 Å². The fourth-order valence-electron chi connectivity index (χ4n) is 10.5. The summed E-state index contributed by atoms with van der Waals surface area (Å²) in [7, 11) is 0. The van der Waals surface area contributed by atoms with Crippen molar-refractivity contribution in [2.75, 3.05) is 0 Å². The molecule has 0 aliphatic heterocycles. The highest BCUT2D eigenvalue weighted by atomic mass is 14.8. The Labute approximate surface area is 427 Å². The van der Waals surface area contributed by atoms with Crippen LogP contribution in [-0.4, -0.2) is 19.9 Å². The summed E-state index contributed by atoms with van der Waals surface area (Å²) in [5.74, 6) is 0. The maximum absolute atomic E-state index is 10.3. The van der Waals surface area contributed by atoms with Crippen LogP contribution < -0.4 is 0 Å². The Morgan fingerprint density at radius 3 is 0.973 bits per heavy atom. The van der Waals surface area contributed by atoms with E-state index in [1.165, 1.54) is 0 Å². The van der Waals surface area contributed by atoms with Gasteiger partial charge < -0.3 is 0 Å². The van der Waals surface area contributed by atoms with E-state index in [9.17, 15) is 10.5 Å². The van der Waals surface area contributed by atoms with Crippen molar-refractivity contribution < 1.29 is 0 Å². The van der Waals surface area contributed by atoms with Crippen LogP contribution in [0.5, 0.6) is 0 Å². The highest BCUT2D eigenvalue weighted by molar-refractivity contribution is 6.13. The van der Waals surface area contributed by atoms with E-state index in [1.54, 1.807) is 0 Å². The van der Waals surface area contributed by atoms with Crippen LogP contribution in [0.4, 0.5) is 0 Å². The molecule has 6 nitrogen and oxygen atoms in total. The van der Waals surface area contributed by atoms with E-state index < -0.39 is 0 Å². The molecule has 0 atom stereocenters. The van der Waals surface area contributed by atoms with Crippen LogP contribution >= 0.6 is 0 Å². The number of nitriles is 2. The number of hydrogen-bond donors (Lipinski definition) is 0. The fourth-order valence-corrected chi connectivity index (χ4v) is 10.5. The van der Waals surface area contributed by atoms with Crippen molar-refractivity contribution >= 4 is 43.6 Å². The first-order valence-corrected chi connectivity index (χ1v) is 24.5. The molecule has 0 saturated heterocycles. The Kier molecular flexibility index (Phi) is 10.8. The van der Waals surface area contributed by atoms with E-state index in [0.29, 0.717) is 22.5 Å². The largest absolute Gasteiger partial charge is 0.245 e. The second-order valence-electron chi connectivity index (χ2n) is 18.3. The fraction of sp³-hybridized carbons (Fsp3) is 0. The smallest absolute Gasteiger partial charge is 0.0998 e. The maximum Gasteiger partial charge on any atom is 0.0998 e. The summed E-state index contributed by atoms with van der Waals surface area (Å²) in [4.78, 5) is 21.8. The molecule has 4 aromatic heterocycles. The van der Waals surface area contributed by atoms with E-state index >= 15 is 0 Å². The van der Waals surface area contributed by atoms with Crippen LogP contribution in [0.1, 0.15) is 11.1 Å². The molecule has 0 bridgehead atoms. The van der Waals surface area contributed by atoms with E-state index in [4.69, 9.17) is 19.9 Å². The molecule has 0 N–H and O–H groups in total. The summed E-state index contributed by atoms with van der Waals surface area (Å²) in [5.41, 5.74) is 18.8. The van der Waals surface area contributed by atoms with Crippen LogP contribution in [-0.2, 0) is 0 Å². The maximum atomic E-state index is 10.3. The standard InChI is InChI=1S/C68H40N6/c69-41-47-21-7-9-25-51(47)63-39-59(53-27-13-11-23-49(53)43-17-3-1-4-18-43)57-35-31-45-33-37-61(71-65(45)67(57)73-63)55-29-15-16-30-56(55)62-38-34-46-32-36-58-60(54-28-14-12-24-50(54)44-19-5-2-6-20-44)40-64(74-68(58)66(46)72-62)52-26-10-8-22-48(52)42-70/h1-40H. The van der Waals surface area contributed by atoms with Gasteiger partial charge >= 0.3 is 0 Å². The van der Waals surface area contributed by atoms with Crippen LogP contribution in [0.15, 0.2) is 243 Å². The summed E-state index contributed by atoms with van der Waals surface area (Å²) in [5, 5.41) is 24.4. The lowest BCUT2D eigenvalue weighted by molar-refractivity contribution is 1.34. The van der Waals surface area contributed by atoms with Gasteiger partial charge in [-0.25, -0.2) is 19.9 Å². The quantitative estimate of drug-likeness (QED) is 0.141. The molecule has 0 aliphatic rings. The number of aromatic nitrogens is 4. The zero-order chi connectivity index (χ0) is 49.5. The number of fused-ring (bicyclic) bond motifs is 6. The van der Waals surface area contributed by atoms with Crippen molar-refractivity contribution in [2.45, 2.75) is 0 Å². The predicted molar refractivity (Wildman–Crippen MR) is 301 cm³/mol. The average molecular weight is 941 g/mol. The molecule has 0 saturated carbocycles. The zero-order valence-electron chi connectivity index (χ0n) is 39.8. The SMILES string of the molecule is N#Cc1ccccc1-c1cc(-c2ccccc2-c2ccccc2)c2ccc3ccc(-c4ccccc4-c4ccc5ccc6c(-c7ccccc7-c7ccccc7)cc(-c7ccccc7C#N)nc6c5n4)nc3c2n1. The molecule has 0 amide bonds. The van der Waals surface area contributed by atoms with Gasteiger partial charge in [0.05, 0.1) is 68.1 Å². The Morgan fingerprint density at radius 2 is 0.568 bits per heavy atom. The minimum Gasteiger partial charge on any atom is -0.245 e. The monoisotopic (exact) mass is 940 g/mol. The van der Waals surface area contributed by atoms with Gasteiger partial charge in [0.25, 0.3) is 0 Å². The molecule has 13 aromatic rings. The van der Waals surface area contributed by atoms with E-state index in [1.807, 2.05) is 72.8 Å². The highest BCUT2D eigenvalue weighted by Crippen LogP contribution is 2.43. The van der Waals surface area contributed by atoms with Gasteiger partial charge in [-0.15, -0.1) is 0 Å². The van der Waals surface area contributed by atoms with Crippen molar-refractivity contribution in [3.63, 3.8) is 0 Å². The molecular formula is C68H40N6. The van der Waals surface area contributed by atoms with E-state index in [-0.39, 0.29) is 0 Å². The van der Waals surface area contributed by atoms with Gasteiger partial charge in [0.15, 0.2) is 0 Å². The summed E-state index contributed by atoms with van der Waals surface area (Å²) >= 11 is 0. The van der Waals surface area contributed by atoms with Crippen molar-refractivity contribution in [3.8, 4) is 102 Å². The summed E-state index contributed by atoms with van der Waals surface area (Å²) < 4.78 is 0. The van der Waals surface area contributed by atoms with Gasteiger partial charge in [0, 0.05) is 43.8 Å². The highest BCUT2D eigenvalue weighted by Gasteiger charge is 2.21. The van der Waals surface area contributed by atoms with Crippen molar-refractivity contribution in [2.24, 2.45) is 0 Å². The molecule has 342 valence electrons. The number of benzene rings is 9. The minimum absolute atomic E-state index is 0.548. The third-order valence-electron chi connectivity index (χ3n) is 14.0. The second-order valence-corrected chi connectivity index (χ2v) is 18.3. The Morgan fingerprint density at radius 1 is 0.243 bits per heavy atom. The topological polar surface area (TPSA) is 99.1 Å². The average Bonchev–Trinajstić information content (AvgIpc) is 3.51. The third kappa shape index (κ3) is 7.59. The Hall–Kier alpha value is -10.4. The first kappa shape index (κ1) is 43.6. The zero-order valence-corrected chi connectivity index (χ0v) is 39.8. The Balaban J connectivity index is 1.01. The molecular weight excluding hydrogens is 901 g/mol. The van der Waals surface area contributed by atoms with Gasteiger partial charge in [-0.2, -0.15) is 10.5 Å². The molecule has 4 heterocycles.